The molecule has 0 aliphatic carbocycles. The van der Waals surface area contributed by atoms with Gasteiger partial charge in [-0.2, -0.15) is 0 Å². The molecule has 1 N–H and O–H groups in total. The zero-order valence-corrected chi connectivity index (χ0v) is 15.8. The fourth-order valence-electron chi connectivity index (χ4n) is 3.44. The summed E-state index contributed by atoms with van der Waals surface area (Å²) < 4.78 is 1.49. The molecule has 7 heteroatoms. The van der Waals surface area contributed by atoms with Crippen molar-refractivity contribution in [1.29, 1.82) is 0 Å². The van der Waals surface area contributed by atoms with Gasteiger partial charge in [0, 0.05) is 13.1 Å². The molecule has 1 unspecified atom stereocenters. The molecule has 1 aliphatic rings. The average Bonchev–Trinajstić information content (AvgIpc) is 2.94. The van der Waals surface area contributed by atoms with Gasteiger partial charge < -0.3 is 4.90 Å². The normalized spacial score (nSPS) is 15.8. The first-order chi connectivity index (χ1) is 13.2. The summed E-state index contributed by atoms with van der Waals surface area (Å²) in [5.41, 5.74) is 0.966. The minimum Gasteiger partial charge on any atom is -0.341 e. The van der Waals surface area contributed by atoms with Crippen molar-refractivity contribution < 1.29 is 9.59 Å². The van der Waals surface area contributed by atoms with Gasteiger partial charge in [0.15, 0.2) is 0 Å². The second-order valence-corrected chi connectivity index (χ2v) is 6.92. The van der Waals surface area contributed by atoms with E-state index in [4.69, 9.17) is 0 Å². The highest BCUT2D eigenvalue weighted by Gasteiger charge is 2.20. The van der Waals surface area contributed by atoms with Crippen LogP contribution in [0.5, 0.6) is 0 Å². The number of rotatable bonds is 6. The van der Waals surface area contributed by atoms with Gasteiger partial charge in [-0.3, -0.25) is 14.9 Å². The van der Waals surface area contributed by atoms with Crippen LogP contribution < -0.4 is 5.32 Å². The molecule has 2 aromatic rings. The highest BCUT2D eigenvalue weighted by Crippen LogP contribution is 2.20. The van der Waals surface area contributed by atoms with E-state index in [9.17, 15) is 9.59 Å². The molecule has 1 fully saturated rings. The molecule has 0 saturated carbocycles. The predicted octanol–water partition coefficient (Wildman–Crippen LogP) is 2.81. The van der Waals surface area contributed by atoms with Gasteiger partial charge in [0.05, 0.1) is 5.92 Å². The van der Waals surface area contributed by atoms with Gasteiger partial charge in [0.1, 0.15) is 12.9 Å². The van der Waals surface area contributed by atoms with E-state index in [0.29, 0.717) is 6.42 Å². The molecular weight excluding hydrogens is 342 g/mol. The first kappa shape index (κ1) is 19.1. The Balaban J connectivity index is 1.58. The van der Waals surface area contributed by atoms with E-state index < -0.39 is 0 Å². The summed E-state index contributed by atoms with van der Waals surface area (Å²) in [5.74, 6) is -0.106. The van der Waals surface area contributed by atoms with Crippen molar-refractivity contribution in [2.75, 3.05) is 18.4 Å². The van der Waals surface area contributed by atoms with Crippen molar-refractivity contribution in [3.05, 3.63) is 42.2 Å². The Labute approximate surface area is 159 Å². The lowest BCUT2D eigenvalue weighted by atomic mass is 9.96. The number of aromatic nitrogens is 3. The second-order valence-electron chi connectivity index (χ2n) is 6.92. The van der Waals surface area contributed by atoms with Crippen LogP contribution >= 0.6 is 0 Å². The maximum atomic E-state index is 12.6. The van der Waals surface area contributed by atoms with Crippen LogP contribution in [-0.2, 0) is 16.1 Å². The monoisotopic (exact) mass is 369 g/mol. The van der Waals surface area contributed by atoms with Crippen LogP contribution in [0.25, 0.3) is 0 Å². The van der Waals surface area contributed by atoms with Gasteiger partial charge in [-0.05, 0) is 24.8 Å². The Morgan fingerprint density at radius 3 is 2.48 bits per heavy atom. The highest BCUT2D eigenvalue weighted by molar-refractivity contribution is 5.94. The van der Waals surface area contributed by atoms with Crippen molar-refractivity contribution in [2.24, 2.45) is 0 Å². The molecule has 2 heterocycles. The maximum absolute atomic E-state index is 12.6. The summed E-state index contributed by atoms with van der Waals surface area (Å²) in [7, 11) is 0. The van der Waals surface area contributed by atoms with E-state index >= 15 is 0 Å². The number of anilines is 1. The second kappa shape index (κ2) is 9.30. The summed E-state index contributed by atoms with van der Waals surface area (Å²) in [6, 6.07) is 9.66. The van der Waals surface area contributed by atoms with Crippen LogP contribution in [0, 0.1) is 0 Å². The van der Waals surface area contributed by atoms with Crippen molar-refractivity contribution in [3.8, 4) is 0 Å². The minimum atomic E-state index is -0.253. The van der Waals surface area contributed by atoms with Crippen molar-refractivity contribution in [3.63, 3.8) is 0 Å². The molecule has 1 atom stereocenters. The number of carbonyl (C=O) groups is 2. The molecule has 1 saturated heterocycles. The van der Waals surface area contributed by atoms with Gasteiger partial charge in [0.25, 0.3) is 0 Å². The fraction of sp³-hybridized carbons (Fsp3) is 0.500. The lowest BCUT2D eigenvalue weighted by molar-refractivity contribution is -0.132. The number of benzene rings is 1. The minimum absolute atomic E-state index is 0.0513. The summed E-state index contributed by atoms with van der Waals surface area (Å²) in [6.45, 7) is 3.75. The molecule has 0 bridgehead atoms. The van der Waals surface area contributed by atoms with E-state index in [0.717, 1.165) is 31.5 Å². The van der Waals surface area contributed by atoms with Gasteiger partial charge in [0.2, 0.25) is 17.8 Å². The number of hydrogen-bond donors (Lipinski definition) is 1. The molecule has 2 amide bonds. The standard InChI is InChI=1S/C20H27N5O2/c1-2-17(16-10-6-5-7-11-16)19(27)22-20-21-15-25(23-20)14-18(26)24-12-8-3-4-9-13-24/h5-7,10-11,15,17H,2-4,8-9,12-14H2,1H3,(H,22,23,27). The molecule has 7 nitrogen and oxygen atoms in total. The largest absolute Gasteiger partial charge is 0.341 e. The number of nitrogens with zero attached hydrogens (tertiary/aromatic N) is 4. The van der Waals surface area contributed by atoms with Crippen molar-refractivity contribution >= 4 is 17.8 Å². The number of amides is 2. The molecule has 1 aromatic carbocycles. The molecule has 3 rings (SSSR count). The Hall–Kier alpha value is -2.70. The quantitative estimate of drug-likeness (QED) is 0.849. The highest BCUT2D eigenvalue weighted by atomic mass is 16.2. The zero-order chi connectivity index (χ0) is 19.1. The van der Waals surface area contributed by atoms with Crippen molar-refractivity contribution in [2.45, 2.75) is 51.5 Å². The Kier molecular flexibility index (Phi) is 6.57. The third-order valence-corrected chi connectivity index (χ3v) is 4.95. The summed E-state index contributed by atoms with van der Waals surface area (Å²) in [5, 5.41) is 7.01. The van der Waals surface area contributed by atoms with Crippen LogP contribution in [0.3, 0.4) is 0 Å². The maximum Gasteiger partial charge on any atom is 0.248 e. The number of carbonyl (C=O) groups excluding carboxylic acids is 2. The molecule has 144 valence electrons. The Bertz CT molecular complexity index is 751. The first-order valence-corrected chi connectivity index (χ1v) is 9.70. The predicted molar refractivity (Wildman–Crippen MR) is 103 cm³/mol. The SMILES string of the molecule is CCC(C(=O)Nc1ncn(CC(=O)N2CCCCCC2)n1)c1ccccc1. The molecule has 0 spiro atoms. The lowest BCUT2D eigenvalue weighted by Gasteiger charge is -2.19. The van der Waals surface area contributed by atoms with E-state index in [2.05, 4.69) is 15.4 Å². The third-order valence-electron chi connectivity index (χ3n) is 4.95. The zero-order valence-electron chi connectivity index (χ0n) is 15.8. The van der Waals surface area contributed by atoms with E-state index in [1.807, 2.05) is 42.2 Å². The van der Waals surface area contributed by atoms with E-state index in [1.165, 1.54) is 23.9 Å². The van der Waals surface area contributed by atoms with Gasteiger partial charge in [-0.25, -0.2) is 9.67 Å². The summed E-state index contributed by atoms with van der Waals surface area (Å²) in [6.07, 6.45) is 6.66. The van der Waals surface area contributed by atoms with E-state index in [-0.39, 0.29) is 30.2 Å². The summed E-state index contributed by atoms with van der Waals surface area (Å²) in [4.78, 5) is 31.1. The Morgan fingerprint density at radius 2 is 1.81 bits per heavy atom. The average molecular weight is 369 g/mol. The lowest BCUT2D eigenvalue weighted by Crippen LogP contribution is -2.34. The van der Waals surface area contributed by atoms with Crippen molar-refractivity contribution in [1.82, 2.24) is 19.7 Å². The van der Waals surface area contributed by atoms with Gasteiger partial charge in [-0.1, -0.05) is 50.1 Å². The molecule has 0 radical (unpaired) electrons. The first-order valence-electron chi connectivity index (χ1n) is 9.70. The topological polar surface area (TPSA) is 80.1 Å². The number of hydrogen-bond acceptors (Lipinski definition) is 4. The van der Waals surface area contributed by atoms with Crippen LogP contribution in [-0.4, -0.2) is 44.6 Å². The fourth-order valence-corrected chi connectivity index (χ4v) is 3.44. The molecule has 27 heavy (non-hydrogen) atoms. The van der Waals surface area contributed by atoms with Gasteiger partial charge in [-0.15, -0.1) is 5.10 Å². The smallest absolute Gasteiger partial charge is 0.248 e. The number of likely N-dealkylation sites (tertiary alicyclic amines) is 1. The van der Waals surface area contributed by atoms with Crippen LogP contribution in [0.4, 0.5) is 5.95 Å². The van der Waals surface area contributed by atoms with Gasteiger partial charge >= 0.3 is 0 Å². The summed E-state index contributed by atoms with van der Waals surface area (Å²) >= 11 is 0. The third kappa shape index (κ3) is 5.15. The van der Waals surface area contributed by atoms with Crippen LogP contribution in [0.1, 0.15) is 50.5 Å². The molecular formula is C20H27N5O2. The molecule has 1 aliphatic heterocycles. The number of nitrogens with one attached hydrogen (secondary N) is 1. The van der Waals surface area contributed by atoms with E-state index in [1.54, 1.807) is 0 Å². The van der Waals surface area contributed by atoms with Crippen LogP contribution in [0.2, 0.25) is 0 Å². The molecule has 1 aromatic heterocycles. The van der Waals surface area contributed by atoms with Crippen LogP contribution in [0.15, 0.2) is 36.7 Å². The Morgan fingerprint density at radius 1 is 1.11 bits per heavy atom.